The van der Waals surface area contributed by atoms with E-state index in [2.05, 4.69) is 4.98 Å². The topological polar surface area (TPSA) is 105 Å². The number of aryl methyl sites for hydroxylation is 2. The van der Waals surface area contributed by atoms with Gasteiger partial charge in [-0.15, -0.1) is 11.3 Å². The van der Waals surface area contributed by atoms with E-state index in [1.54, 1.807) is 0 Å². The average molecular weight is 332 g/mol. The molecule has 2 rings (SSSR count). The molecule has 1 fully saturated rings. The van der Waals surface area contributed by atoms with Crippen molar-refractivity contribution in [2.75, 3.05) is 18.1 Å². The summed E-state index contributed by atoms with van der Waals surface area (Å²) >= 11 is 1.47. The third-order valence-corrected chi connectivity index (χ3v) is 5.91. The van der Waals surface area contributed by atoms with Crippen LogP contribution in [0.2, 0.25) is 0 Å². The molecule has 0 aromatic carbocycles. The van der Waals surface area contributed by atoms with Crippen molar-refractivity contribution in [2.45, 2.75) is 26.3 Å². The molecule has 1 amide bonds. The molecule has 1 N–H and O–H groups in total. The van der Waals surface area contributed by atoms with E-state index in [0.717, 1.165) is 14.8 Å². The number of rotatable bonds is 3. The Labute approximate surface area is 126 Å². The van der Waals surface area contributed by atoms with Crippen LogP contribution in [0, 0.1) is 13.8 Å². The van der Waals surface area contributed by atoms with Crippen LogP contribution in [0.15, 0.2) is 0 Å². The standard InChI is InChI=1S/C12H16N2O5S2/c1-7-9(13-8(2)20-7)5-11(15)14-3-4-21(18,19)6-10(14)12(16)17/h10H,3-6H2,1-2H3,(H,16,17). The molecule has 21 heavy (non-hydrogen) atoms. The number of thiazole rings is 1. The highest BCUT2D eigenvalue weighted by Crippen LogP contribution is 2.19. The van der Waals surface area contributed by atoms with Crippen LogP contribution in [0.3, 0.4) is 0 Å². The molecule has 0 saturated carbocycles. The summed E-state index contributed by atoms with van der Waals surface area (Å²) in [5.41, 5.74) is 0.625. The molecule has 0 radical (unpaired) electrons. The van der Waals surface area contributed by atoms with Crippen LogP contribution in [-0.4, -0.2) is 59.4 Å². The molecule has 1 unspecified atom stereocenters. The van der Waals surface area contributed by atoms with Gasteiger partial charge in [-0.05, 0) is 13.8 Å². The molecule has 0 bridgehead atoms. The molecule has 1 aromatic heterocycles. The Hall–Kier alpha value is -1.48. The fourth-order valence-electron chi connectivity index (χ4n) is 2.29. The van der Waals surface area contributed by atoms with Gasteiger partial charge in [0.05, 0.1) is 28.6 Å². The molecular formula is C12H16N2O5S2. The minimum Gasteiger partial charge on any atom is -0.480 e. The summed E-state index contributed by atoms with van der Waals surface area (Å²) in [6.07, 6.45) is 0.000000945. The maximum absolute atomic E-state index is 12.3. The van der Waals surface area contributed by atoms with E-state index in [0.29, 0.717) is 5.69 Å². The van der Waals surface area contributed by atoms with Crippen LogP contribution < -0.4 is 0 Å². The van der Waals surface area contributed by atoms with Crippen molar-refractivity contribution < 1.29 is 23.1 Å². The van der Waals surface area contributed by atoms with Crippen LogP contribution >= 0.6 is 11.3 Å². The minimum absolute atomic E-state index is 0.000000945. The molecule has 116 valence electrons. The predicted molar refractivity (Wildman–Crippen MR) is 77.1 cm³/mol. The Morgan fingerprint density at radius 1 is 1.43 bits per heavy atom. The molecule has 1 aliphatic heterocycles. The Morgan fingerprint density at radius 3 is 2.62 bits per heavy atom. The number of sulfone groups is 1. The van der Waals surface area contributed by atoms with Crippen molar-refractivity contribution >= 4 is 33.1 Å². The van der Waals surface area contributed by atoms with E-state index in [1.165, 1.54) is 11.3 Å². The maximum atomic E-state index is 12.3. The number of carboxylic acid groups (broad SMARTS) is 1. The molecule has 0 aliphatic carbocycles. The summed E-state index contributed by atoms with van der Waals surface area (Å²) in [5.74, 6) is -2.41. The Morgan fingerprint density at radius 2 is 2.10 bits per heavy atom. The SMILES string of the molecule is Cc1nc(CC(=O)N2CCS(=O)(=O)CC2C(=O)O)c(C)s1. The van der Waals surface area contributed by atoms with Gasteiger partial charge in [-0.1, -0.05) is 0 Å². The number of carboxylic acids is 1. The van der Waals surface area contributed by atoms with Crippen LogP contribution in [0.5, 0.6) is 0 Å². The van der Waals surface area contributed by atoms with Crippen molar-refractivity contribution in [3.63, 3.8) is 0 Å². The van der Waals surface area contributed by atoms with Gasteiger partial charge in [0.1, 0.15) is 6.04 Å². The van der Waals surface area contributed by atoms with Crippen molar-refractivity contribution in [1.82, 2.24) is 9.88 Å². The van der Waals surface area contributed by atoms with Crippen LogP contribution in [0.25, 0.3) is 0 Å². The molecule has 0 spiro atoms. The van der Waals surface area contributed by atoms with E-state index in [-0.39, 0.29) is 18.7 Å². The molecular weight excluding hydrogens is 316 g/mol. The summed E-state index contributed by atoms with van der Waals surface area (Å²) < 4.78 is 23.1. The number of hydrogen-bond donors (Lipinski definition) is 1. The van der Waals surface area contributed by atoms with Crippen molar-refractivity contribution in [1.29, 1.82) is 0 Å². The minimum atomic E-state index is -3.41. The van der Waals surface area contributed by atoms with E-state index in [4.69, 9.17) is 5.11 Å². The first-order chi connectivity index (χ1) is 9.69. The van der Waals surface area contributed by atoms with Gasteiger partial charge in [0.25, 0.3) is 0 Å². The molecule has 1 aliphatic rings. The van der Waals surface area contributed by atoms with E-state index >= 15 is 0 Å². The lowest BCUT2D eigenvalue weighted by Crippen LogP contribution is -2.55. The maximum Gasteiger partial charge on any atom is 0.327 e. The van der Waals surface area contributed by atoms with Gasteiger partial charge >= 0.3 is 5.97 Å². The number of hydrogen-bond acceptors (Lipinski definition) is 6. The number of nitrogens with zero attached hydrogens (tertiary/aromatic N) is 2. The number of aromatic nitrogens is 1. The smallest absolute Gasteiger partial charge is 0.327 e. The fourth-order valence-corrected chi connectivity index (χ4v) is 4.57. The number of aliphatic carboxylic acids is 1. The zero-order valence-corrected chi connectivity index (χ0v) is 13.3. The lowest BCUT2D eigenvalue weighted by atomic mass is 10.2. The van der Waals surface area contributed by atoms with Gasteiger partial charge < -0.3 is 10.0 Å². The molecule has 7 nitrogen and oxygen atoms in total. The third kappa shape index (κ3) is 3.59. The highest BCUT2D eigenvalue weighted by Gasteiger charge is 2.38. The van der Waals surface area contributed by atoms with Crippen molar-refractivity contribution in [3.8, 4) is 0 Å². The van der Waals surface area contributed by atoms with Crippen LogP contribution in [0.1, 0.15) is 15.6 Å². The second-order valence-electron chi connectivity index (χ2n) is 4.97. The Bertz CT molecular complexity index is 680. The normalized spacial score (nSPS) is 21.2. The van der Waals surface area contributed by atoms with Crippen LogP contribution in [-0.2, 0) is 25.8 Å². The summed E-state index contributed by atoms with van der Waals surface area (Å²) in [7, 11) is -3.41. The quantitative estimate of drug-likeness (QED) is 0.836. The summed E-state index contributed by atoms with van der Waals surface area (Å²) in [4.78, 5) is 29.8. The molecule has 1 aromatic rings. The summed E-state index contributed by atoms with van der Waals surface area (Å²) in [5, 5.41) is 9.98. The Balaban J connectivity index is 2.17. The lowest BCUT2D eigenvalue weighted by molar-refractivity contribution is -0.149. The van der Waals surface area contributed by atoms with Crippen molar-refractivity contribution in [3.05, 3.63) is 15.6 Å². The Kier molecular flexibility index (Phi) is 4.33. The molecule has 9 heteroatoms. The lowest BCUT2D eigenvalue weighted by Gasteiger charge is -2.32. The fraction of sp³-hybridized carbons (Fsp3) is 0.583. The van der Waals surface area contributed by atoms with E-state index in [9.17, 15) is 18.0 Å². The van der Waals surface area contributed by atoms with Gasteiger partial charge in [0.15, 0.2) is 9.84 Å². The first-order valence-corrected chi connectivity index (χ1v) is 8.99. The summed E-state index contributed by atoms with van der Waals surface area (Å²) in [6, 6.07) is -1.31. The van der Waals surface area contributed by atoms with E-state index < -0.39 is 33.5 Å². The zero-order valence-electron chi connectivity index (χ0n) is 11.7. The van der Waals surface area contributed by atoms with Gasteiger partial charge in [-0.2, -0.15) is 0 Å². The summed E-state index contributed by atoms with van der Waals surface area (Å²) in [6.45, 7) is 3.60. The van der Waals surface area contributed by atoms with Crippen LogP contribution in [0.4, 0.5) is 0 Å². The number of amides is 1. The average Bonchev–Trinajstić information content (AvgIpc) is 2.66. The first kappa shape index (κ1) is 15.9. The molecule has 2 heterocycles. The second-order valence-corrected chi connectivity index (χ2v) is 8.60. The van der Waals surface area contributed by atoms with E-state index in [1.807, 2.05) is 13.8 Å². The predicted octanol–water partition coefficient (Wildman–Crippen LogP) is 0.0126. The molecule has 1 saturated heterocycles. The van der Waals surface area contributed by atoms with Gasteiger partial charge in [-0.25, -0.2) is 18.2 Å². The second kappa shape index (κ2) is 5.72. The highest BCUT2D eigenvalue weighted by atomic mass is 32.2. The van der Waals surface area contributed by atoms with Gasteiger partial charge in [0.2, 0.25) is 5.91 Å². The highest BCUT2D eigenvalue weighted by molar-refractivity contribution is 7.91. The first-order valence-electron chi connectivity index (χ1n) is 6.35. The van der Waals surface area contributed by atoms with Crippen molar-refractivity contribution in [2.24, 2.45) is 0 Å². The largest absolute Gasteiger partial charge is 0.480 e. The number of carbonyl (C=O) groups excluding carboxylic acids is 1. The van der Waals surface area contributed by atoms with Gasteiger partial charge in [-0.3, -0.25) is 4.79 Å². The molecule has 1 atom stereocenters. The van der Waals surface area contributed by atoms with Gasteiger partial charge in [0, 0.05) is 11.4 Å². The zero-order chi connectivity index (χ0) is 15.8. The third-order valence-electron chi connectivity index (χ3n) is 3.35. The monoisotopic (exact) mass is 332 g/mol. The number of carbonyl (C=O) groups is 2.